The summed E-state index contributed by atoms with van der Waals surface area (Å²) < 4.78 is 0. The van der Waals surface area contributed by atoms with Crippen LogP contribution in [0.4, 0.5) is 0 Å². The smallest absolute Gasteiger partial charge is 0.0577 e. The second-order valence-electron chi connectivity index (χ2n) is 4.02. The van der Waals surface area contributed by atoms with E-state index in [1.54, 1.807) is 0 Å². The van der Waals surface area contributed by atoms with Gasteiger partial charge < -0.3 is 10.0 Å². The average molecular weight is 181 g/mol. The molecule has 1 rings (SSSR count). The van der Waals surface area contributed by atoms with E-state index < -0.39 is 0 Å². The Bertz CT molecular complexity index is 216. The molecule has 0 saturated carbocycles. The largest absolute Gasteiger partial charge is 0.393 e. The number of likely N-dealkylation sites (N-methyl/N-ethyl adjacent to an activating group) is 1. The first kappa shape index (κ1) is 10.5. The monoisotopic (exact) mass is 181 g/mol. The first-order valence-electron chi connectivity index (χ1n) is 4.79. The van der Waals surface area contributed by atoms with Gasteiger partial charge in [0.25, 0.3) is 0 Å². The topological polar surface area (TPSA) is 23.5 Å². The molecule has 13 heavy (non-hydrogen) atoms. The number of aliphatic hydroxyl groups excluding tert-OH is 1. The molecule has 0 spiro atoms. The summed E-state index contributed by atoms with van der Waals surface area (Å²) in [5.41, 5.74) is 1.35. The molecular weight excluding hydrogens is 162 g/mol. The van der Waals surface area contributed by atoms with Crippen LogP contribution in [0.5, 0.6) is 0 Å². The summed E-state index contributed by atoms with van der Waals surface area (Å²) in [6, 6.07) is 0. The van der Waals surface area contributed by atoms with Crippen molar-refractivity contribution in [2.24, 2.45) is 5.92 Å². The van der Waals surface area contributed by atoms with Crippen LogP contribution in [0.15, 0.2) is 23.8 Å². The van der Waals surface area contributed by atoms with Crippen LogP contribution < -0.4 is 0 Å². The lowest BCUT2D eigenvalue weighted by atomic mass is 9.92. The Morgan fingerprint density at radius 2 is 2.31 bits per heavy atom. The van der Waals surface area contributed by atoms with Crippen molar-refractivity contribution < 1.29 is 5.11 Å². The normalized spacial score (nSPS) is 24.7. The van der Waals surface area contributed by atoms with E-state index in [4.69, 9.17) is 0 Å². The summed E-state index contributed by atoms with van der Waals surface area (Å²) in [5.74, 6) is 0.311. The highest BCUT2D eigenvalue weighted by Crippen LogP contribution is 2.19. The van der Waals surface area contributed by atoms with Crippen LogP contribution in [0.2, 0.25) is 0 Å². The van der Waals surface area contributed by atoms with Crippen molar-refractivity contribution in [1.29, 1.82) is 0 Å². The molecule has 0 saturated heterocycles. The number of rotatable bonds is 3. The number of allylic oxidation sites excluding steroid dienone is 1. The molecule has 0 fully saturated rings. The van der Waals surface area contributed by atoms with Gasteiger partial charge in [0.2, 0.25) is 0 Å². The summed E-state index contributed by atoms with van der Waals surface area (Å²) in [7, 11) is 4.13. The third-order valence-corrected chi connectivity index (χ3v) is 2.33. The standard InChI is InChI=1S/C11H19NO/c1-9(13)11-6-4-10(5-7-11)8-12(2)3/h4-6,9,11,13H,7-8H2,1-3H3. The van der Waals surface area contributed by atoms with Crippen LogP contribution in [0.25, 0.3) is 0 Å². The van der Waals surface area contributed by atoms with Crippen LogP contribution in [0.3, 0.4) is 0 Å². The molecule has 1 aliphatic rings. The fourth-order valence-electron chi connectivity index (χ4n) is 1.52. The van der Waals surface area contributed by atoms with E-state index in [2.05, 4.69) is 37.2 Å². The Morgan fingerprint density at radius 1 is 1.62 bits per heavy atom. The fraction of sp³-hybridized carbons (Fsp3) is 0.636. The molecule has 0 aromatic heterocycles. The minimum Gasteiger partial charge on any atom is -0.393 e. The van der Waals surface area contributed by atoms with Gasteiger partial charge in [0.1, 0.15) is 0 Å². The lowest BCUT2D eigenvalue weighted by Crippen LogP contribution is -2.19. The van der Waals surface area contributed by atoms with Crippen LogP contribution in [0, 0.1) is 5.92 Å². The second-order valence-corrected chi connectivity index (χ2v) is 4.02. The second kappa shape index (κ2) is 4.58. The number of hydrogen-bond donors (Lipinski definition) is 1. The lowest BCUT2D eigenvalue weighted by molar-refractivity contribution is 0.149. The third-order valence-electron chi connectivity index (χ3n) is 2.33. The van der Waals surface area contributed by atoms with Gasteiger partial charge in [0.05, 0.1) is 6.10 Å². The molecule has 0 aliphatic heterocycles. The van der Waals surface area contributed by atoms with Gasteiger partial charge in [-0.2, -0.15) is 0 Å². The summed E-state index contributed by atoms with van der Waals surface area (Å²) in [5, 5.41) is 9.35. The number of aliphatic hydroxyl groups is 1. The molecule has 0 amide bonds. The minimum atomic E-state index is -0.228. The van der Waals surface area contributed by atoms with Crippen molar-refractivity contribution in [1.82, 2.24) is 4.90 Å². The summed E-state index contributed by atoms with van der Waals surface area (Å²) >= 11 is 0. The first-order valence-corrected chi connectivity index (χ1v) is 4.79. The molecule has 0 aromatic rings. The molecule has 2 nitrogen and oxygen atoms in total. The predicted molar refractivity (Wildman–Crippen MR) is 55.6 cm³/mol. The Morgan fingerprint density at radius 3 is 2.69 bits per heavy atom. The van der Waals surface area contributed by atoms with E-state index in [1.807, 2.05) is 6.92 Å². The van der Waals surface area contributed by atoms with E-state index in [-0.39, 0.29) is 6.10 Å². The predicted octanol–water partition coefficient (Wildman–Crippen LogP) is 1.43. The van der Waals surface area contributed by atoms with E-state index in [9.17, 15) is 5.11 Å². The van der Waals surface area contributed by atoms with Crippen molar-refractivity contribution in [3.05, 3.63) is 23.8 Å². The maximum atomic E-state index is 9.35. The van der Waals surface area contributed by atoms with Crippen LogP contribution in [0.1, 0.15) is 13.3 Å². The van der Waals surface area contributed by atoms with Crippen molar-refractivity contribution in [2.75, 3.05) is 20.6 Å². The van der Waals surface area contributed by atoms with Gasteiger partial charge in [0.15, 0.2) is 0 Å². The molecule has 1 aliphatic carbocycles. The summed E-state index contributed by atoms with van der Waals surface area (Å²) in [4.78, 5) is 2.15. The van der Waals surface area contributed by atoms with Crippen molar-refractivity contribution in [3.8, 4) is 0 Å². The molecule has 1 N–H and O–H groups in total. The van der Waals surface area contributed by atoms with E-state index in [1.165, 1.54) is 5.57 Å². The zero-order valence-electron chi connectivity index (χ0n) is 8.70. The molecule has 2 atom stereocenters. The van der Waals surface area contributed by atoms with Crippen molar-refractivity contribution >= 4 is 0 Å². The maximum absolute atomic E-state index is 9.35. The molecule has 0 radical (unpaired) electrons. The number of nitrogens with zero attached hydrogens (tertiary/aromatic N) is 1. The quantitative estimate of drug-likeness (QED) is 0.712. The molecular formula is C11H19NO. The van der Waals surface area contributed by atoms with Gasteiger partial charge in [-0.25, -0.2) is 0 Å². The van der Waals surface area contributed by atoms with E-state index in [0.717, 1.165) is 13.0 Å². The highest BCUT2D eigenvalue weighted by atomic mass is 16.3. The minimum absolute atomic E-state index is 0.228. The van der Waals surface area contributed by atoms with E-state index in [0.29, 0.717) is 5.92 Å². The van der Waals surface area contributed by atoms with Gasteiger partial charge in [-0.05, 0) is 33.0 Å². The molecule has 2 heteroatoms. The SMILES string of the molecule is CC(O)C1C=CC(CN(C)C)=CC1. The van der Waals surface area contributed by atoms with Crippen LogP contribution >= 0.6 is 0 Å². The maximum Gasteiger partial charge on any atom is 0.0577 e. The molecule has 0 bridgehead atoms. The van der Waals surface area contributed by atoms with Crippen LogP contribution in [-0.4, -0.2) is 36.8 Å². The Labute approximate surface area is 80.6 Å². The van der Waals surface area contributed by atoms with Crippen LogP contribution in [-0.2, 0) is 0 Å². The van der Waals surface area contributed by atoms with Gasteiger partial charge in [0, 0.05) is 12.5 Å². The average Bonchev–Trinajstić information content (AvgIpc) is 2.04. The summed E-state index contributed by atoms with van der Waals surface area (Å²) in [6.07, 6.45) is 7.20. The first-order chi connectivity index (χ1) is 6.09. The third kappa shape index (κ3) is 3.33. The van der Waals surface area contributed by atoms with E-state index >= 15 is 0 Å². The van der Waals surface area contributed by atoms with Gasteiger partial charge >= 0.3 is 0 Å². The van der Waals surface area contributed by atoms with Gasteiger partial charge in [-0.15, -0.1) is 0 Å². The van der Waals surface area contributed by atoms with Gasteiger partial charge in [-0.1, -0.05) is 18.2 Å². The molecule has 0 heterocycles. The Kier molecular flexibility index (Phi) is 3.70. The highest BCUT2D eigenvalue weighted by molar-refractivity contribution is 5.25. The number of hydrogen-bond acceptors (Lipinski definition) is 2. The zero-order chi connectivity index (χ0) is 9.84. The zero-order valence-corrected chi connectivity index (χ0v) is 8.70. The molecule has 2 unspecified atom stereocenters. The summed E-state index contributed by atoms with van der Waals surface area (Å²) in [6.45, 7) is 2.84. The van der Waals surface area contributed by atoms with Crippen molar-refractivity contribution in [3.63, 3.8) is 0 Å². The Hall–Kier alpha value is -0.600. The fourth-order valence-corrected chi connectivity index (χ4v) is 1.52. The Balaban J connectivity index is 2.45. The highest BCUT2D eigenvalue weighted by Gasteiger charge is 2.13. The van der Waals surface area contributed by atoms with Gasteiger partial charge in [-0.3, -0.25) is 0 Å². The lowest BCUT2D eigenvalue weighted by Gasteiger charge is -2.20. The molecule has 74 valence electrons. The van der Waals surface area contributed by atoms with Crippen molar-refractivity contribution in [2.45, 2.75) is 19.4 Å². The molecule has 0 aromatic carbocycles.